The number of H-pyrrole nitrogens is 1. The first-order valence-electron chi connectivity index (χ1n) is 5.38. The van der Waals surface area contributed by atoms with Crippen molar-refractivity contribution in [1.29, 1.82) is 0 Å². The highest BCUT2D eigenvalue weighted by atomic mass is 16.5. The van der Waals surface area contributed by atoms with Crippen molar-refractivity contribution in [1.82, 2.24) is 15.0 Å². The fourth-order valence-corrected chi connectivity index (χ4v) is 1.71. The summed E-state index contributed by atoms with van der Waals surface area (Å²) in [4.78, 5) is 11.4. The van der Waals surface area contributed by atoms with Gasteiger partial charge in [-0.2, -0.15) is 0 Å². The van der Waals surface area contributed by atoms with Crippen LogP contribution in [0, 0.1) is 0 Å². The van der Waals surface area contributed by atoms with Crippen molar-refractivity contribution in [3.8, 4) is 5.75 Å². The number of ether oxygens (including phenoxy) is 1. The van der Waals surface area contributed by atoms with E-state index in [0.717, 1.165) is 16.7 Å². The van der Waals surface area contributed by atoms with Crippen LogP contribution in [0.4, 0.5) is 0 Å². The second kappa shape index (κ2) is 4.25. The van der Waals surface area contributed by atoms with E-state index in [9.17, 15) is 0 Å². The lowest BCUT2D eigenvalue weighted by atomic mass is 10.2. The maximum absolute atomic E-state index is 5.69. The first-order chi connectivity index (χ1) is 8.43. The Morgan fingerprint density at radius 3 is 2.76 bits per heavy atom. The second-order valence-electron chi connectivity index (χ2n) is 3.65. The predicted molar refractivity (Wildman–Crippen MR) is 64.7 cm³/mol. The highest BCUT2D eigenvalue weighted by Gasteiger charge is 2.04. The van der Waals surface area contributed by atoms with E-state index in [1.165, 1.54) is 0 Å². The van der Waals surface area contributed by atoms with Crippen LogP contribution >= 0.6 is 0 Å². The van der Waals surface area contributed by atoms with Gasteiger partial charge in [0.25, 0.3) is 0 Å². The zero-order chi connectivity index (χ0) is 11.5. The number of hydrogen-bond acceptors (Lipinski definition) is 3. The van der Waals surface area contributed by atoms with E-state index >= 15 is 0 Å². The van der Waals surface area contributed by atoms with Crippen LogP contribution in [0.15, 0.2) is 48.9 Å². The van der Waals surface area contributed by atoms with Crippen molar-refractivity contribution < 1.29 is 4.74 Å². The lowest BCUT2D eigenvalue weighted by Crippen LogP contribution is -1.99. The molecule has 0 saturated heterocycles. The summed E-state index contributed by atoms with van der Waals surface area (Å²) in [5, 5.41) is 1.07. The number of nitrogens with zero attached hydrogens (tertiary/aromatic N) is 2. The van der Waals surface area contributed by atoms with E-state index in [0.29, 0.717) is 12.4 Å². The molecule has 0 aliphatic heterocycles. The molecule has 84 valence electrons. The summed E-state index contributed by atoms with van der Waals surface area (Å²) in [7, 11) is 0. The van der Waals surface area contributed by atoms with Crippen molar-refractivity contribution in [2.75, 3.05) is 0 Å². The fraction of sp³-hybridized carbons (Fsp3) is 0.0769. The molecule has 0 spiro atoms. The SMILES string of the molecule is c1cnc(COc2c[nH]c3ccccc23)nc1. The van der Waals surface area contributed by atoms with Crippen LogP contribution in [0.5, 0.6) is 5.75 Å². The van der Waals surface area contributed by atoms with Crippen molar-refractivity contribution in [2.45, 2.75) is 6.61 Å². The van der Waals surface area contributed by atoms with Gasteiger partial charge in [-0.3, -0.25) is 0 Å². The largest absolute Gasteiger partial charge is 0.483 e. The number of aromatic nitrogens is 3. The minimum absolute atomic E-state index is 0.378. The molecule has 4 heteroatoms. The Morgan fingerprint density at radius 1 is 1.06 bits per heavy atom. The average molecular weight is 225 g/mol. The highest BCUT2D eigenvalue weighted by Crippen LogP contribution is 2.25. The number of nitrogens with one attached hydrogen (secondary N) is 1. The van der Waals surface area contributed by atoms with Gasteiger partial charge in [0.05, 0.1) is 0 Å². The van der Waals surface area contributed by atoms with Gasteiger partial charge in [0.15, 0.2) is 5.82 Å². The Kier molecular flexibility index (Phi) is 2.46. The topological polar surface area (TPSA) is 50.8 Å². The molecule has 0 atom stereocenters. The maximum Gasteiger partial charge on any atom is 0.166 e. The molecule has 0 amide bonds. The molecule has 2 aromatic heterocycles. The van der Waals surface area contributed by atoms with Gasteiger partial charge in [-0.05, 0) is 18.2 Å². The van der Waals surface area contributed by atoms with Gasteiger partial charge in [0.2, 0.25) is 0 Å². The molecule has 17 heavy (non-hydrogen) atoms. The van der Waals surface area contributed by atoms with Gasteiger partial charge in [-0.1, -0.05) is 12.1 Å². The molecule has 0 bridgehead atoms. The van der Waals surface area contributed by atoms with E-state index in [1.807, 2.05) is 30.5 Å². The van der Waals surface area contributed by atoms with Gasteiger partial charge in [0.1, 0.15) is 12.4 Å². The molecule has 0 saturated carbocycles. The van der Waals surface area contributed by atoms with E-state index < -0.39 is 0 Å². The van der Waals surface area contributed by atoms with Crippen LogP contribution in [0.2, 0.25) is 0 Å². The highest BCUT2D eigenvalue weighted by molar-refractivity contribution is 5.85. The molecule has 1 aromatic carbocycles. The van der Waals surface area contributed by atoms with Crippen LogP contribution < -0.4 is 4.74 Å². The molecule has 0 radical (unpaired) electrons. The van der Waals surface area contributed by atoms with Crippen LogP contribution in [0.1, 0.15) is 5.82 Å². The number of rotatable bonds is 3. The Bertz CT molecular complexity index is 619. The third-order valence-electron chi connectivity index (χ3n) is 2.53. The van der Waals surface area contributed by atoms with E-state index in [4.69, 9.17) is 4.74 Å². The molecule has 4 nitrogen and oxygen atoms in total. The molecule has 0 aliphatic carbocycles. The molecule has 2 heterocycles. The summed E-state index contributed by atoms with van der Waals surface area (Å²) in [6.07, 6.45) is 5.27. The predicted octanol–water partition coefficient (Wildman–Crippen LogP) is 2.54. The fourth-order valence-electron chi connectivity index (χ4n) is 1.71. The molecular weight excluding hydrogens is 214 g/mol. The quantitative estimate of drug-likeness (QED) is 0.745. The Morgan fingerprint density at radius 2 is 1.88 bits per heavy atom. The van der Waals surface area contributed by atoms with Crippen LogP contribution in [-0.2, 0) is 6.61 Å². The lowest BCUT2D eigenvalue weighted by Gasteiger charge is -2.02. The summed E-state index contributed by atoms with van der Waals surface area (Å²) < 4.78 is 5.69. The smallest absolute Gasteiger partial charge is 0.166 e. The normalized spacial score (nSPS) is 10.6. The summed E-state index contributed by atoms with van der Waals surface area (Å²) in [6, 6.07) is 9.80. The zero-order valence-corrected chi connectivity index (χ0v) is 9.13. The van der Waals surface area contributed by atoms with E-state index in [2.05, 4.69) is 15.0 Å². The summed E-state index contributed by atoms with van der Waals surface area (Å²) >= 11 is 0. The third kappa shape index (κ3) is 1.97. The minimum atomic E-state index is 0.378. The number of fused-ring (bicyclic) bond motifs is 1. The van der Waals surface area contributed by atoms with Gasteiger partial charge in [-0.15, -0.1) is 0 Å². The first-order valence-corrected chi connectivity index (χ1v) is 5.38. The molecule has 0 aliphatic rings. The van der Waals surface area contributed by atoms with Gasteiger partial charge < -0.3 is 9.72 Å². The van der Waals surface area contributed by atoms with Gasteiger partial charge in [0, 0.05) is 29.5 Å². The number of para-hydroxylation sites is 1. The average Bonchev–Trinajstić information content (AvgIpc) is 2.81. The van der Waals surface area contributed by atoms with Crippen LogP contribution in [0.3, 0.4) is 0 Å². The maximum atomic E-state index is 5.69. The van der Waals surface area contributed by atoms with E-state index in [-0.39, 0.29) is 0 Å². The number of hydrogen-bond donors (Lipinski definition) is 1. The van der Waals surface area contributed by atoms with Crippen LogP contribution in [0.25, 0.3) is 10.9 Å². The summed E-state index contributed by atoms with van der Waals surface area (Å²) in [5.74, 6) is 1.51. The standard InChI is InChI=1S/C13H11N3O/c1-2-5-11-10(4-1)12(8-16-11)17-9-13-14-6-3-7-15-13/h1-8,16H,9H2. The zero-order valence-electron chi connectivity index (χ0n) is 9.13. The molecule has 3 aromatic rings. The monoisotopic (exact) mass is 225 g/mol. The third-order valence-corrected chi connectivity index (χ3v) is 2.53. The Labute approximate surface area is 98.3 Å². The summed E-state index contributed by atoms with van der Waals surface area (Å²) in [5.41, 5.74) is 1.07. The van der Waals surface area contributed by atoms with Crippen molar-refractivity contribution in [2.24, 2.45) is 0 Å². The van der Waals surface area contributed by atoms with Gasteiger partial charge in [-0.25, -0.2) is 9.97 Å². The van der Waals surface area contributed by atoms with Crippen molar-refractivity contribution in [3.63, 3.8) is 0 Å². The number of aromatic amines is 1. The first kappa shape index (κ1) is 9.84. The second-order valence-corrected chi connectivity index (χ2v) is 3.65. The summed E-state index contributed by atoms with van der Waals surface area (Å²) in [6.45, 7) is 0.378. The molecular formula is C13H11N3O. The van der Waals surface area contributed by atoms with Crippen LogP contribution in [-0.4, -0.2) is 15.0 Å². The lowest BCUT2D eigenvalue weighted by molar-refractivity contribution is 0.299. The molecule has 0 fully saturated rings. The Hall–Kier alpha value is -2.36. The molecule has 3 rings (SSSR count). The number of benzene rings is 1. The minimum Gasteiger partial charge on any atom is -0.483 e. The van der Waals surface area contributed by atoms with E-state index in [1.54, 1.807) is 18.5 Å². The van der Waals surface area contributed by atoms with Crippen molar-refractivity contribution in [3.05, 3.63) is 54.7 Å². The Balaban J connectivity index is 1.82. The molecule has 0 unspecified atom stereocenters. The molecule has 1 N–H and O–H groups in total. The van der Waals surface area contributed by atoms with Crippen molar-refractivity contribution >= 4 is 10.9 Å². The van der Waals surface area contributed by atoms with Gasteiger partial charge >= 0.3 is 0 Å².